The Balaban J connectivity index is 1.66. The van der Waals surface area contributed by atoms with E-state index in [1.54, 1.807) is 18.2 Å². The fourth-order valence-corrected chi connectivity index (χ4v) is 5.13. The summed E-state index contributed by atoms with van der Waals surface area (Å²) in [6.07, 6.45) is 3.98. The standard InChI is InChI=1S/C27H26N4O5/c1-26(2)23-16-22(31(34)35)9-11-24(23)29-17-19-15-21(30(32)33)10-12-25(19)36-27(26,29)14-13-18-5-7-20(8-6-18)28(3)4/h5-16H,17H2,1-4H3/b14-13+. The lowest BCUT2D eigenvalue weighted by atomic mass is 9.76. The Labute approximate surface area is 208 Å². The number of hydrogen-bond donors (Lipinski definition) is 0. The van der Waals surface area contributed by atoms with E-state index in [9.17, 15) is 20.2 Å². The Kier molecular flexibility index (Phi) is 5.24. The largest absolute Gasteiger partial charge is 0.463 e. The predicted octanol–water partition coefficient (Wildman–Crippen LogP) is 5.67. The fraction of sp³-hybridized carbons (Fsp3) is 0.259. The molecule has 0 bridgehead atoms. The van der Waals surface area contributed by atoms with Crippen LogP contribution >= 0.6 is 0 Å². The first-order valence-electron chi connectivity index (χ1n) is 11.5. The molecule has 36 heavy (non-hydrogen) atoms. The van der Waals surface area contributed by atoms with Crippen molar-refractivity contribution in [1.82, 2.24) is 0 Å². The second-order valence-corrected chi connectivity index (χ2v) is 9.84. The molecule has 0 N–H and O–H groups in total. The van der Waals surface area contributed by atoms with Gasteiger partial charge in [0.05, 0.1) is 21.8 Å². The van der Waals surface area contributed by atoms with Gasteiger partial charge < -0.3 is 14.5 Å². The number of nitro groups is 2. The number of rotatable bonds is 5. The Morgan fingerprint density at radius 2 is 1.58 bits per heavy atom. The fourth-order valence-electron chi connectivity index (χ4n) is 5.13. The second-order valence-electron chi connectivity index (χ2n) is 9.84. The van der Waals surface area contributed by atoms with Crippen LogP contribution in [0.3, 0.4) is 0 Å². The minimum atomic E-state index is -1.01. The number of anilines is 2. The first-order chi connectivity index (χ1) is 17.0. The van der Waals surface area contributed by atoms with E-state index in [1.165, 1.54) is 18.2 Å². The number of benzene rings is 3. The summed E-state index contributed by atoms with van der Waals surface area (Å²) in [4.78, 5) is 26.2. The molecule has 3 aromatic carbocycles. The van der Waals surface area contributed by atoms with Crippen LogP contribution in [0.1, 0.15) is 30.5 Å². The van der Waals surface area contributed by atoms with E-state index in [2.05, 4.69) is 0 Å². The van der Waals surface area contributed by atoms with Crippen LogP contribution in [-0.4, -0.2) is 29.7 Å². The van der Waals surface area contributed by atoms with Gasteiger partial charge in [-0.3, -0.25) is 20.2 Å². The quantitative estimate of drug-likeness (QED) is 0.338. The van der Waals surface area contributed by atoms with Crippen LogP contribution in [0.15, 0.2) is 66.7 Å². The average molecular weight is 487 g/mol. The molecule has 0 spiro atoms. The van der Waals surface area contributed by atoms with Gasteiger partial charge in [0.25, 0.3) is 11.4 Å². The summed E-state index contributed by atoms with van der Waals surface area (Å²) in [6, 6.07) is 17.5. The lowest BCUT2D eigenvalue weighted by Gasteiger charge is -2.48. The molecule has 0 amide bonds. The van der Waals surface area contributed by atoms with Crippen LogP contribution < -0.4 is 14.5 Å². The molecule has 5 rings (SSSR count). The van der Waals surface area contributed by atoms with E-state index >= 15 is 0 Å². The molecule has 0 radical (unpaired) electrons. The van der Waals surface area contributed by atoms with Gasteiger partial charge >= 0.3 is 0 Å². The molecule has 2 aliphatic rings. The Morgan fingerprint density at radius 1 is 0.944 bits per heavy atom. The highest BCUT2D eigenvalue weighted by Gasteiger charge is 2.60. The molecule has 9 nitrogen and oxygen atoms in total. The van der Waals surface area contributed by atoms with Crippen LogP contribution in [0.4, 0.5) is 22.7 Å². The summed E-state index contributed by atoms with van der Waals surface area (Å²) in [6.45, 7) is 4.37. The highest BCUT2D eigenvalue weighted by Crippen LogP contribution is 2.57. The van der Waals surface area contributed by atoms with Gasteiger partial charge in [-0.15, -0.1) is 0 Å². The molecule has 9 heteroatoms. The van der Waals surface area contributed by atoms with Crippen LogP contribution in [-0.2, 0) is 12.0 Å². The van der Waals surface area contributed by atoms with Gasteiger partial charge in [-0.25, -0.2) is 0 Å². The van der Waals surface area contributed by atoms with Gasteiger partial charge in [-0.1, -0.05) is 18.2 Å². The zero-order chi connectivity index (χ0) is 25.8. The van der Waals surface area contributed by atoms with Gasteiger partial charge in [0.2, 0.25) is 5.72 Å². The minimum absolute atomic E-state index is 0.00762. The topological polar surface area (TPSA) is 102 Å². The maximum atomic E-state index is 11.6. The van der Waals surface area contributed by atoms with Crippen molar-refractivity contribution in [3.8, 4) is 5.75 Å². The molecule has 1 atom stereocenters. The molecular formula is C27H26N4O5. The zero-order valence-corrected chi connectivity index (χ0v) is 20.5. The molecule has 2 aliphatic heterocycles. The first-order valence-corrected chi connectivity index (χ1v) is 11.5. The SMILES string of the molecule is CN(C)c1ccc(/C=C/C23Oc4ccc([N+](=O)[O-])cc4CN2c2ccc([N+](=O)[O-])cc2C3(C)C)cc1. The van der Waals surface area contributed by atoms with Gasteiger partial charge in [-0.2, -0.15) is 0 Å². The third-order valence-corrected chi connectivity index (χ3v) is 7.21. The molecule has 0 fully saturated rings. The van der Waals surface area contributed by atoms with Gasteiger partial charge in [0, 0.05) is 55.3 Å². The molecular weight excluding hydrogens is 460 g/mol. The molecule has 0 aromatic heterocycles. The van der Waals surface area contributed by atoms with Crippen molar-refractivity contribution in [3.05, 3.63) is 104 Å². The third-order valence-electron chi connectivity index (χ3n) is 7.21. The van der Waals surface area contributed by atoms with Crippen LogP contribution in [0.2, 0.25) is 0 Å². The van der Waals surface area contributed by atoms with E-state index in [0.29, 0.717) is 17.9 Å². The third kappa shape index (κ3) is 3.46. The van der Waals surface area contributed by atoms with Crippen LogP contribution in [0.25, 0.3) is 6.08 Å². The molecule has 0 saturated carbocycles. The Bertz CT molecular complexity index is 1410. The number of hydrogen-bond acceptors (Lipinski definition) is 7. The van der Waals surface area contributed by atoms with Crippen LogP contribution in [0.5, 0.6) is 5.75 Å². The summed E-state index contributed by atoms with van der Waals surface area (Å²) >= 11 is 0. The van der Waals surface area contributed by atoms with E-state index in [0.717, 1.165) is 22.5 Å². The van der Waals surface area contributed by atoms with Crippen molar-refractivity contribution >= 4 is 28.8 Å². The van der Waals surface area contributed by atoms with E-state index in [4.69, 9.17) is 4.74 Å². The number of nitro benzene ring substituents is 2. The van der Waals surface area contributed by atoms with Crippen molar-refractivity contribution in [2.75, 3.05) is 23.9 Å². The van der Waals surface area contributed by atoms with Gasteiger partial charge in [0.15, 0.2) is 0 Å². The van der Waals surface area contributed by atoms with Crippen molar-refractivity contribution in [2.24, 2.45) is 0 Å². The van der Waals surface area contributed by atoms with Crippen molar-refractivity contribution in [1.29, 1.82) is 0 Å². The highest BCUT2D eigenvalue weighted by atomic mass is 16.6. The number of ether oxygens (including phenoxy) is 1. The normalized spacial score (nSPS) is 19.3. The minimum Gasteiger partial charge on any atom is -0.463 e. The molecule has 2 heterocycles. The molecule has 1 unspecified atom stereocenters. The van der Waals surface area contributed by atoms with Crippen molar-refractivity contribution < 1.29 is 14.6 Å². The smallest absolute Gasteiger partial charge is 0.270 e. The van der Waals surface area contributed by atoms with Gasteiger partial charge in [0.1, 0.15) is 5.75 Å². The van der Waals surface area contributed by atoms with E-state index in [-0.39, 0.29) is 11.4 Å². The first kappa shape index (κ1) is 23.3. The maximum Gasteiger partial charge on any atom is 0.270 e. The molecule has 184 valence electrons. The number of non-ortho nitro benzene ring substituents is 2. The van der Waals surface area contributed by atoms with Crippen molar-refractivity contribution in [3.63, 3.8) is 0 Å². The number of fused-ring (bicyclic) bond motifs is 4. The predicted molar refractivity (Wildman–Crippen MR) is 139 cm³/mol. The van der Waals surface area contributed by atoms with E-state index in [1.807, 2.05) is 74.2 Å². The lowest BCUT2D eigenvalue weighted by molar-refractivity contribution is -0.385. The number of nitrogens with zero attached hydrogens (tertiary/aromatic N) is 4. The summed E-state index contributed by atoms with van der Waals surface area (Å²) in [7, 11) is 3.97. The Morgan fingerprint density at radius 3 is 2.22 bits per heavy atom. The Hall–Kier alpha value is -4.40. The van der Waals surface area contributed by atoms with Crippen LogP contribution in [0, 0.1) is 20.2 Å². The summed E-state index contributed by atoms with van der Waals surface area (Å²) in [5.74, 6) is 0.555. The summed E-state index contributed by atoms with van der Waals surface area (Å²) in [5.41, 5.74) is 2.63. The zero-order valence-electron chi connectivity index (χ0n) is 20.5. The monoisotopic (exact) mass is 486 g/mol. The molecule has 0 saturated heterocycles. The summed E-state index contributed by atoms with van der Waals surface area (Å²) in [5, 5.41) is 22.9. The average Bonchev–Trinajstić information content (AvgIpc) is 3.04. The maximum absolute atomic E-state index is 11.6. The second kappa shape index (κ2) is 8.08. The molecule has 0 aliphatic carbocycles. The van der Waals surface area contributed by atoms with E-state index < -0.39 is 21.0 Å². The van der Waals surface area contributed by atoms with Crippen molar-refractivity contribution in [2.45, 2.75) is 31.5 Å². The molecule has 3 aromatic rings. The highest BCUT2D eigenvalue weighted by molar-refractivity contribution is 5.73. The summed E-state index contributed by atoms with van der Waals surface area (Å²) < 4.78 is 6.70. The lowest BCUT2D eigenvalue weighted by Crippen LogP contribution is -2.60. The van der Waals surface area contributed by atoms with Gasteiger partial charge in [-0.05, 0) is 55.3 Å².